The van der Waals surface area contributed by atoms with Crippen molar-refractivity contribution in [2.75, 3.05) is 27.4 Å². The molecule has 4 rings (SSSR count). The van der Waals surface area contributed by atoms with Crippen LogP contribution >= 0.6 is 0 Å². The molecule has 34 heavy (non-hydrogen) atoms. The van der Waals surface area contributed by atoms with Crippen molar-refractivity contribution in [3.05, 3.63) is 77.6 Å². The lowest BCUT2D eigenvalue weighted by molar-refractivity contribution is 0.0859. The minimum Gasteiger partial charge on any atom is -0.497 e. The molecule has 0 saturated carbocycles. The van der Waals surface area contributed by atoms with Crippen LogP contribution < -0.4 is 18.9 Å². The molecule has 4 aromatic rings. The fourth-order valence-corrected chi connectivity index (χ4v) is 3.74. The number of aromatic nitrogens is 2. The van der Waals surface area contributed by atoms with Gasteiger partial charge in [-0.3, -0.25) is 0 Å². The summed E-state index contributed by atoms with van der Waals surface area (Å²) in [7, 11) is 3.26. The van der Waals surface area contributed by atoms with E-state index >= 15 is 0 Å². The van der Waals surface area contributed by atoms with E-state index in [1.54, 1.807) is 14.2 Å². The van der Waals surface area contributed by atoms with E-state index in [2.05, 4.69) is 4.98 Å². The highest BCUT2D eigenvalue weighted by atomic mass is 16.5. The molecule has 1 N–H and O–H groups in total. The Morgan fingerprint density at radius 3 is 2.12 bits per heavy atom. The number of hydrogen-bond donors (Lipinski definition) is 1. The largest absolute Gasteiger partial charge is 0.497 e. The van der Waals surface area contributed by atoms with Crippen LogP contribution in [0.25, 0.3) is 11.0 Å². The Morgan fingerprint density at radius 1 is 0.765 bits per heavy atom. The molecule has 0 radical (unpaired) electrons. The summed E-state index contributed by atoms with van der Waals surface area (Å²) in [6, 6.07) is 19.4. The van der Waals surface area contributed by atoms with Crippen molar-refractivity contribution in [3.63, 3.8) is 0 Å². The molecule has 1 unspecified atom stereocenters. The van der Waals surface area contributed by atoms with Gasteiger partial charge in [0.15, 0.2) is 0 Å². The van der Waals surface area contributed by atoms with Gasteiger partial charge in [0.2, 0.25) is 0 Å². The SMILES string of the molecule is CCOc1ccc2[nH]c(C(OCC)c3ccc(OCc4cc(OC)cc(OC)c4)cc3)nc2c1. The standard InChI is InChI=1S/C27H30N2O5/c1-5-32-21-11-12-24-25(16-21)29-27(28-24)26(33-6-2)19-7-9-20(10-8-19)34-17-18-13-22(30-3)15-23(14-18)31-4/h7-16,26H,5-6,17H2,1-4H3,(H,28,29). The summed E-state index contributed by atoms with van der Waals surface area (Å²) in [5.41, 5.74) is 3.73. The number of hydrogen-bond acceptors (Lipinski definition) is 6. The molecule has 178 valence electrons. The fraction of sp³-hybridized carbons (Fsp3) is 0.296. The van der Waals surface area contributed by atoms with Crippen molar-refractivity contribution in [2.24, 2.45) is 0 Å². The third-order valence-electron chi connectivity index (χ3n) is 5.37. The molecule has 0 saturated heterocycles. The van der Waals surface area contributed by atoms with Gasteiger partial charge in [0, 0.05) is 18.7 Å². The number of ether oxygens (including phenoxy) is 5. The van der Waals surface area contributed by atoms with Crippen LogP contribution in [0.3, 0.4) is 0 Å². The normalized spacial score (nSPS) is 11.9. The van der Waals surface area contributed by atoms with Crippen LogP contribution in [0.4, 0.5) is 0 Å². The molecular formula is C27H30N2O5. The number of rotatable bonds is 11. The van der Waals surface area contributed by atoms with Gasteiger partial charge in [-0.2, -0.15) is 0 Å². The van der Waals surface area contributed by atoms with E-state index in [0.717, 1.165) is 51.0 Å². The topological polar surface area (TPSA) is 74.8 Å². The minimum absolute atomic E-state index is 0.315. The summed E-state index contributed by atoms with van der Waals surface area (Å²) in [6.45, 7) is 5.51. The molecule has 7 nitrogen and oxygen atoms in total. The van der Waals surface area contributed by atoms with Gasteiger partial charge >= 0.3 is 0 Å². The van der Waals surface area contributed by atoms with Gasteiger partial charge < -0.3 is 28.7 Å². The van der Waals surface area contributed by atoms with Crippen molar-refractivity contribution in [1.29, 1.82) is 0 Å². The molecule has 0 bridgehead atoms. The summed E-state index contributed by atoms with van der Waals surface area (Å²) in [5.74, 6) is 3.77. The average molecular weight is 463 g/mol. The lowest BCUT2D eigenvalue weighted by Crippen LogP contribution is -2.08. The van der Waals surface area contributed by atoms with Gasteiger partial charge in [0.1, 0.15) is 41.5 Å². The van der Waals surface area contributed by atoms with E-state index in [1.165, 1.54) is 0 Å². The first kappa shape index (κ1) is 23.4. The predicted octanol–water partition coefficient (Wildman–Crippen LogP) is 5.68. The van der Waals surface area contributed by atoms with E-state index in [0.29, 0.717) is 19.8 Å². The molecule has 0 amide bonds. The quantitative estimate of drug-likeness (QED) is 0.309. The lowest BCUT2D eigenvalue weighted by Gasteiger charge is -2.16. The van der Waals surface area contributed by atoms with Gasteiger partial charge in [-0.15, -0.1) is 0 Å². The number of benzene rings is 3. The molecule has 0 spiro atoms. The first-order chi connectivity index (χ1) is 16.6. The summed E-state index contributed by atoms with van der Waals surface area (Å²) in [5, 5.41) is 0. The summed E-state index contributed by atoms with van der Waals surface area (Å²) < 4.78 is 28.3. The third-order valence-corrected chi connectivity index (χ3v) is 5.37. The van der Waals surface area contributed by atoms with Crippen molar-refractivity contribution < 1.29 is 23.7 Å². The van der Waals surface area contributed by atoms with Crippen LogP contribution in [-0.2, 0) is 11.3 Å². The Balaban J connectivity index is 1.50. The van der Waals surface area contributed by atoms with Gasteiger partial charge in [-0.1, -0.05) is 12.1 Å². The summed E-state index contributed by atoms with van der Waals surface area (Å²) in [6.07, 6.45) is -0.315. The van der Waals surface area contributed by atoms with Crippen molar-refractivity contribution in [1.82, 2.24) is 9.97 Å². The zero-order chi connectivity index (χ0) is 23.9. The molecular weight excluding hydrogens is 432 g/mol. The highest BCUT2D eigenvalue weighted by Gasteiger charge is 2.19. The van der Waals surface area contributed by atoms with E-state index in [-0.39, 0.29) is 6.10 Å². The molecule has 0 fully saturated rings. The second-order valence-electron chi connectivity index (χ2n) is 7.65. The summed E-state index contributed by atoms with van der Waals surface area (Å²) >= 11 is 0. The Labute approximate surface area is 199 Å². The molecule has 0 aliphatic carbocycles. The van der Waals surface area contributed by atoms with Gasteiger partial charge in [0.25, 0.3) is 0 Å². The van der Waals surface area contributed by atoms with Crippen LogP contribution in [0, 0.1) is 0 Å². The summed E-state index contributed by atoms with van der Waals surface area (Å²) in [4.78, 5) is 8.15. The number of methoxy groups -OCH3 is 2. The second kappa shape index (κ2) is 10.9. The molecule has 1 atom stereocenters. The van der Waals surface area contributed by atoms with E-state index in [4.69, 9.17) is 28.7 Å². The fourth-order valence-electron chi connectivity index (χ4n) is 3.74. The number of nitrogens with one attached hydrogen (secondary N) is 1. The highest BCUT2D eigenvalue weighted by molar-refractivity contribution is 5.77. The molecule has 3 aromatic carbocycles. The van der Waals surface area contributed by atoms with Gasteiger partial charge in [0.05, 0.1) is 31.9 Å². The number of imidazole rings is 1. The molecule has 7 heteroatoms. The zero-order valence-corrected chi connectivity index (χ0v) is 20.0. The number of nitrogens with zero attached hydrogens (tertiary/aromatic N) is 1. The van der Waals surface area contributed by atoms with Gasteiger partial charge in [-0.05, 0) is 61.4 Å². The maximum Gasteiger partial charge on any atom is 0.141 e. The van der Waals surface area contributed by atoms with Crippen LogP contribution in [0.2, 0.25) is 0 Å². The Hall–Kier alpha value is -3.71. The number of fused-ring (bicyclic) bond motifs is 1. The first-order valence-electron chi connectivity index (χ1n) is 11.3. The maximum atomic E-state index is 6.05. The lowest BCUT2D eigenvalue weighted by atomic mass is 10.1. The number of H-pyrrole nitrogens is 1. The predicted molar refractivity (Wildman–Crippen MR) is 131 cm³/mol. The molecule has 0 aliphatic heterocycles. The Morgan fingerprint density at radius 2 is 1.47 bits per heavy atom. The van der Waals surface area contributed by atoms with Gasteiger partial charge in [-0.25, -0.2) is 4.98 Å². The minimum atomic E-state index is -0.315. The molecule has 1 heterocycles. The van der Waals surface area contributed by atoms with E-state index in [9.17, 15) is 0 Å². The van der Waals surface area contributed by atoms with Crippen LogP contribution in [0.5, 0.6) is 23.0 Å². The third kappa shape index (κ3) is 5.43. The monoisotopic (exact) mass is 462 g/mol. The first-order valence-corrected chi connectivity index (χ1v) is 11.3. The average Bonchev–Trinajstić information content (AvgIpc) is 3.29. The van der Waals surface area contributed by atoms with E-state index in [1.807, 2.05) is 74.5 Å². The van der Waals surface area contributed by atoms with Crippen molar-refractivity contribution >= 4 is 11.0 Å². The van der Waals surface area contributed by atoms with Crippen LogP contribution in [0.1, 0.15) is 36.9 Å². The highest BCUT2D eigenvalue weighted by Crippen LogP contribution is 2.29. The second-order valence-corrected chi connectivity index (χ2v) is 7.65. The maximum absolute atomic E-state index is 6.05. The number of aromatic amines is 1. The van der Waals surface area contributed by atoms with Crippen molar-refractivity contribution in [3.8, 4) is 23.0 Å². The van der Waals surface area contributed by atoms with Crippen LogP contribution in [-0.4, -0.2) is 37.4 Å². The Bertz CT molecular complexity index is 1200. The van der Waals surface area contributed by atoms with Crippen molar-refractivity contribution in [2.45, 2.75) is 26.6 Å². The Kier molecular flexibility index (Phi) is 7.54. The van der Waals surface area contributed by atoms with E-state index < -0.39 is 0 Å². The molecule has 0 aliphatic rings. The zero-order valence-electron chi connectivity index (χ0n) is 20.0. The molecule has 1 aromatic heterocycles. The van der Waals surface area contributed by atoms with Crippen LogP contribution in [0.15, 0.2) is 60.7 Å². The smallest absolute Gasteiger partial charge is 0.141 e.